The second-order valence-electron chi connectivity index (χ2n) is 5.49. The Morgan fingerprint density at radius 2 is 1.96 bits per heavy atom. The number of amides is 1. The van der Waals surface area contributed by atoms with Crippen LogP contribution in [0, 0.1) is 0 Å². The molecule has 0 radical (unpaired) electrons. The van der Waals surface area contributed by atoms with E-state index in [4.69, 9.17) is 21.8 Å². The zero-order valence-corrected chi connectivity index (χ0v) is 14.4. The number of carbonyl (C=O) groups excluding carboxylic acids is 1. The Hall–Kier alpha value is -2.82. The van der Waals surface area contributed by atoms with Gasteiger partial charge in [0.2, 0.25) is 0 Å². The summed E-state index contributed by atoms with van der Waals surface area (Å²) in [5.74, 6) is -4.16. The Bertz CT molecular complexity index is 926. The molecule has 0 aliphatic carbocycles. The largest absolute Gasteiger partial charge is 0.481 e. The molecule has 0 fully saturated rings. The number of nitrogens with zero attached hydrogens (tertiary/aromatic N) is 2. The molecule has 27 heavy (non-hydrogen) atoms. The molecule has 3 N–H and O–H groups in total. The molecule has 2 aromatic heterocycles. The van der Waals surface area contributed by atoms with E-state index in [2.05, 4.69) is 4.98 Å². The maximum atomic E-state index is 13.0. The fourth-order valence-corrected chi connectivity index (χ4v) is 2.65. The highest BCUT2D eigenvalue weighted by Gasteiger charge is 2.33. The lowest BCUT2D eigenvalue weighted by molar-refractivity contribution is -0.145. The van der Waals surface area contributed by atoms with Crippen molar-refractivity contribution in [2.75, 3.05) is 0 Å². The highest BCUT2D eigenvalue weighted by Crippen LogP contribution is 2.33. The molecular weight excluding hydrogens is 395 g/mol. The molecule has 0 aliphatic heterocycles. The number of carbonyl (C=O) groups is 3. The quantitative estimate of drug-likeness (QED) is 0.675. The van der Waals surface area contributed by atoms with E-state index in [1.165, 1.54) is 0 Å². The number of hydrogen-bond donors (Lipinski definition) is 3. The topological polar surface area (TPSA) is 121 Å². The van der Waals surface area contributed by atoms with Crippen molar-refractivity contribution in [1.82, 2.24) is 14.7 Å². The number of aliphatic carboxylic acids is 2. The molecule has 0 aromatic carbocycles. The van der Waals surface area contributed by atoms with E-state index in [0.29, 0.717) is 12.3 Å². The Balaban J connectivity index is 2.58. The Labute approximate surface area is 154 Å². The van der Waals surface area contributed by atoms with Crippen LogP contribution in [0.2, 0.25) is 5.02 Å². The minimum atomic E-state index is -4.74. The number of halogens is 4. The highest BCUT2D eigenvalue weighted by atomic mass is 35.5. The van der Waals surface area contributed by atoms with Crippen molar-refractivity contribution < 1.29 is 37.8 Å². The van der Waals surface area contributed by atoms with E-state index < -0.39 is 42.0 Å². The number of imidazole rings is 1. The van der Waals surface area contributed by atoms with Crippen molar-refractivity contribution in [3.63, 3.8) is 0 Å². The normalized spacial score (nSPS) is 12.8. The molecule has 1 atom stereocenters. The zero-order valence-electron chi connectivity index (χ0n) is 13.7. The predicted molar refractivity (Wildman–Crippen MR) is 85.7 cm³/mol. The summed E-state index contributed by atoms with van der Waals surface area (Å²) in [6.07, 6.45) is -4.89. The van der Waals surface area contributed by atoms with Crippen LogP contribution in [0.3, 0.4) is 0 Å². The number of pyridine rings is 1. The van der Waals surface area contributed by atoms with Crippen LogP contribution in [0.1, 0.15) is 35.1 Å². The minimum Gasteiger partial charge on any atom is -0.481 e. The molecule has 8 nitrogen and oxygen atoms in total. The fourth-order valence-electron chi connectivity index (χ4n) is 2.39. The van der Waals surface area contributed by atoms with Crippen LogP contribution in [0.4, 0.5) is 13.2 Å². The van der Waals surface area contributed by atoms with Crippen LogP contribution >= 0.6 is 11.6 Å². The summed E-state index contributed by atoms with van der Waals surface area (Å²) < 4.78 is 39.9. The number of alkyl halides is 3. The van der Waals surface area contributed by atoms with Crippen LogP contribution in [-0.4, -0.2) is 43.5 Å². The van der Waals surface area contributed by atoms with Gasteiger partial charge in [0.25, 0.3) is 5.91 Å². The molecule has 0 aliphatic rings. The van der Waals surface area contributed by atoms with Crippen molar-refractivity contribution in [3.05, 3.63) is 34.2 Å². The first kappa shape index (κ1) is 20.5. The summed E-state index contributed by atoms with van der Waals surface area (Å²) in [5.41, 5.74) is -1.52. The smallest absolute Gasteiger partial charge is 0.417 e. The van der Waals surface area contributed by atoms with Crippen molar-refractivity contribution in [3.8, 4) is 0 Å². The minimum absolute atomic E-state index is 0.0770. The maximum Gasteiger partial charge on any atom is 0.417 e. The van der Waals surface area contributed by atoms with Gasteiger partial charge in [-0.3, -0.25) is 14.0 Å². The second-order valence-corrected chi connectivity index (χ2v) is 5.90. The van der Waals surface area contributed by atoms with Gasteiger partial charge in [-0.2, -0.15) is 13.2 Å². The van der Waals surface area contributed by atoms with E-state index in [9.17, 15) is 27.6 Å². The third-order valence-electron chi connectivity index (χ3n) is 3.61. The molecule has 1 amide bonds. The second kappa shape index (κ2) is 7.43. The lowest BCUT2D eigenvalue weighted by Crippen LogP contribution is -2.42. The number of nitrogens with one attached hydrogen (secondary N) is 1. The fraction of sp³-hybridized carbons (Fsp3) is 0.333. The highest BCUT2D eigenvalue weighted by molar-refractivity contribution is 6.33. The SMILES string of the molecule is CCc1nc2c(Cl)cc(C(F)(F)F)cn2c1C(=O)NC(CC(=O)O)C(=O)O. The zero-order chi connectivity index (χ0) is 20.5. The molecule has 146 valence electrons. The van der Waals surface area contributed by atoms with Crippen LogP contribution in [0.5, 0.6) is 0 Å². The van der Waals surface area contributed by atoms with Gasteiger partial charge in [0.1, 0.15) is 11.7 Å². The van der Waals surface area contributed by atoms with Gasteiger partial charge in [0.05, 0.1) is 22.7 Å². The predicted octanol–water partition coefficient (Wildman–Crippen LogP) is 2.23. The molecule has 2 aromatic rings. The molecule has 0 spiro atoms. The number of rotatable bonds is 6. The van der Waals surface area contributed by atoms with Crippen LogP contribution in [0.15, 0.2) is 12.3 Å². The molecule has 1 unspecified atom stereocenters. The molecule has 0 bridgehead atoms. The van der Waals surface area contributed by atoms with Gasteiger partial charge in [0, 0.05) is 6.20 Å². The van der Waals surface area contributed by atoms with Crippen molar-refractivity contribution in [2.24, 2.45) is 0 Å². The average molecular weight is 408 g/mol. The Morgan fingerprint density at radius 1 is 1.33 bits per heavy atom. The molecule has 0 saturated carbocycles. The standard InChI is InChI=1S/C15H13ClF3N3O5/c1-2-8-11(13(25)21-9(14(26)27)4-10(23)24)22-5-6(15(17,18)19)3-7(16)12(22)20-8/h3,5,9H,2,4H2,1H3,(H,21,25)(H,23,24)(H,26,27). The van der Waals surface area contributed by atoms with Crippen LogP contribution in [-0.2, 0) is 22.2 Å². The number of carboxylic acid groups (broad SMARTS) is 2. The number of fused-ring (bicyclic) bond motifs is 1. The Morgan fingerprint density at radius 3 is 2.44 bits per heavy atom. The molecule has 2 heterocycles. The van der Waals surface area contributed by atoms with Gasteiger partial charge in [0.15, 0.2) is 5.65 Å². The first-order chi connectivity index (χ1) is 12.5. The van der Waals surface area contributed by atoms with E-state index in [1.807, 2.05) is 5.32 Å². The monoisotopic (exact) mass is 407 g/mol. The first-order valence-corrected chi connectivity index (χ1v) is 7.86. The van der Waals surface area contributed by atoms with Gasteiger partial charge in [-0.1, -0.05) is 18.5 Å². The lowest BCUT2D eigenvalue weighted by atomic mass is 10.2. The van der Waals surface area contributed by atoms with E-state index in [0.717, 1.165) is 4.40 Å². The summed E-state index contributed by atoms with van der Waals surface area (Å²) in [6.45, 7) is 1.59. The summed E-state index contributed by atoms with van der Waals surface area (Å²) in [5, 5.41) is 19.4. The van der Waals surface area contributed by atoms with Gasteiger partial charge < -0.3 is 15.5 Å². The summed E-state index contributed by atoms with van der Waals surface area (Å²) in [4.78, 5) is 38.4. The molecule has 12 heteroatoms. The van der Waals surface area contributed by atoms with Gasteiger partial charge >= 0.3 is 18.1 Å². The van der Waals surface area contributed by atoms with E-state index in [1.54, 1.807) is 6.92 Å². The van der Waals surface area contributed by atoms with E-state index in [-0.39, 0.29) is 28.5 Å². The third kappa shape index (κ3) is 4.30. The summed E-state index contributed by atoms with van der Waals surface area (Å²) in [7, 11) is 0. The number of hydrogen-bond acceptors (Lipinski definition) is 4. The first-order valence-electron chi connectivity index (χ1n) is 7.48. The van der Waals surface area contributed by atoms with Crippen molar-refractivity contribution >= 4 is 35.1 Å². The lowest BCUT2D eigenvalue weighted by Gasteiger charge is -2.14. The van der Waals surface area contributed by atoms with Crippen LogP contribution < -0.4 is 5.32 Å². The van der Waals surface area contributed by atoms with Crippen molar-refractivity contribution in [1.29, 1.82) is 0 Å². The summed E-state index contributed by atoms with van der Waals surface area (Å²) >= 11 is 5.85. The van der Waals surface area contributed by atoms with Gasteiger partial charge in [-0.05, 0) is 12.5 Å². The molecular formula is C15H13ClF3N3O5. The average Bonchev–Trinajstić information content (AvgIpc) is 2.92. The number of aromatic nitrogens is 2. The number of carboxylic acids is 2. The van der Waals surface area contributed by atoms with Gasteiger partial charge in [-0.25, -0.2) is 9.78 Å². The van der Waals surface area contributed by atoms with Crippen LogP contribution in [0.25, 0.3) is 5.65 Å². The number of aryl methyl sites for hydroxylation is 1. The Kier molecular flexibility index (Phi) is 5.64. The summed E-state index contributed by atoms with van der Waals surface area (Å²) in [6, 6.07) is -1.11. The third-order valence-corrected chi connectivity index (χ3v) is 3.88. The molecule has 0 saturated heterocycles. The maximum absolute atomic E-state index is 13.0. The van der Waals surface area contributed by atoms with Crippen molar-refractivity contribution in [2.45, 2.75) is 32.0 Å². The van der Waals surface area contributed by atoms with Gasteiger partial charge in [-0.15, -0.1) is 0 Å². The molecule has 2 rings (SSSR count). The van der Waals surface area contributed by atoms with E-state index >= 15 is 0 Å².